The van der Waals surface area contributed by atoms with E-state index in [-0.39, 0.29) is 5.91 Å². The summed E-state index contributed by atoms with van der Waals surface area (Å²) in [4.78, 5) is 26.1. The molecule has 1 N–H and O–H groups in total. The van der Waals surface area contributed by atoms with Crippen LogP contribution >= 0.6 is 11.3 Å². The average Bonchev–Trinajstić information content (AvgIpc) is 3.30. The maximum Gasteiger partial charge on any atom is 0.261 e. The topological polar surface area (TPSA) is 58.1 Å². The van der Waals surface area contributed by atoms with Crippen LogP contribution in [0.1, 0.15) is 39.5 Å². The normalized spacial score (nSPS) is 14.1. The van der Waals surface area contributed by atoms with Crippen molar-refractivity contribution in [3.8, 4) is 0 Å². The number of hydrogen-bond acceptors (Lipinski definition) is 5. The third kappa shape index (κ3) is 3.67. The van der Waals surface area contributed by atoms with Crippen molar-refractivity contribution < 1.29 is 4.79 Å². The lowest BCUT2D eigenvalue weighted by Crippen LogP contribution is -2.25. The van der Waals surface area contributed by atoms with Crippen LogP contribution < -0.4 is 10.2 Å². The SMILES string of the molecule is Cc1nc(N2CCCC2)c2c(C)c(C(=O)NCCc3ccccc3)sc2n1. The molecule has 1 saturated heterocycles. The molecular formula is C21H24N4OS. The van der Waals surface area contributed by atoms with Gasteiger partial charge in [0.1, 0.15) is 16.5 Å². The number of carbonyl (C=O) groups excluding carboxylic acids is 1. The van der Waals surface area contributed by atoms with Crippen LogP contribution in [0.2, 0.25) is 0 Å². The molecular weight excluding hydrogens is 356 g/mol. The molecule has 1 aliphatic heterocycles. The highest BCUT2D eigenvalue weighted by Gasteiger charge is 2.24. The first-order valence-corrected chi connectivity index (χ1v) is 10.3. The second kappa shape index (κ2) is 7.64. The summed E-state index contributed by atoms with van der Waals surface area (Å²) < 4.78 is 0. The summed E-state index contributed by atoms with van der Waals surface area (Å²) in [5.74, 6) is 1.74. The molecule has 5 nitrogen and oxygen atoms in total. The highest BCUT2D eigenvalue weighted by Crippen LogP contribution is 2.36. The Bertz CT molecular complexity index is 961. The summed E-state index contributed by atoms with van der Waals surface area (Å²) in [6, 6.07) is 10.2. The fourth-order valence-electron chi connectivity index (χ4n) is 3.64. The van der Waals surface area contributed by atoms with E-state index in [4.69, 9.17) is 4.98 Å². The van der Waals surface area contributed by atoms with E-state index >= 15 is 0 Å². The second-order valence-corrected chi connectivity index (χ2v) is 8.02. The number of nitrogens with zero attached hydrogens (tertiary/aromatic N) is 3. The van der Waals surface area contributed by atoms with Crippen LogP contribution in [-0.4, -0.2) is 35.5 Å². The molecule has 3 aromatic rings. The Morgan fingerprint density at radius 1 is 1.15 bits per heavy atom. The minimum absolute atomic E-state index is 0.0172. The number of aromatic nitrogens is 2. The minimum Gasteiger partial charge on any atom is -0.356 e. The fourth-order valence-corrected chi connectivity index (χ4v) is 4.78. The van der Waals surface area contributed by atoms with E-state index in [2.05, 4.69) is 27.3 Å². The molecule has 1 fully saturated rings. The standard InChI is InChI=1S/C21H24N4OS/c1-14-17-19(25-12-6-7-13-25)23-15(2)24-21(17)27-18(14)20(26)22-11-10-16-8-4-3-5-9-16/h3-5,8-9H,6-7,10-13H2,1-2H3,(H,22,26). The first-order valence-electron chi connectivity index (χ1n) is 9.48. The summed E-state index contributed by atoms with van der Waals surface area (Å²) in [5.41, 5.74) is 2.22. The molecule has 1 aromatic carbocycles. The molecule has 4 rings (SSSR count). The molecule has 0 bridgehead atoms. The van der Waals surface area contributed by atoms with Gasteiger partial charge in [-0.1, -0.05) is 30.3 Å². The van der Waals surface area contributed by atoms with Crippen LogP contribution in [0, 0.1) is 13.8 Å². The van der Waals surface area contributed by atoms with E-state index in [1.807, 2.05) is 32.0 Å². The fraction of sp³-hybridized carbons (Fsp3) is 0.381. The number of benzene rings is 1. The van der Waals surface area contributed by atoms with Gasteiger partial charge in [-0.25, -0.2) is 9.97 Å². The van der Waals surface area contributed by atoms with Gasteiger partial charge in [0.2, 0.25) is 0 Å². The number of carbonyl (C=O) groups is 1. The largest absolute Gasteiger partial charge is 0.356 e. The van der Waals surface area contributed by atoms with Crippen LogP contribution in [0.15, 0.2) is 30.3 Å². The monoisotopic (exact) mass is 380 g/mol. The highest BCUT2D eigenvalue weighted by molar-refractivity contribution is 7.20. The van der Waals surface area contributed by atoms with Crippen LogP contribution in [0.25, 0.3) is 10.2 Å². The zero-order valence-electron chi connectivity index (χ0n) is 15.8. The van der Waals surface area contributed by atoms with Crippen molar-refractivity contribution in [2.45, 2.75) is 33.1 Å². The number of thiophene rings is 1. The number of hydrogen-bond donors (Lipinski definition) is 1. The summed E-state index contributed by atoms with van der Waals surface area (Å²) >= 11 is 1.48. The molecule has 27 heavy (non-hydrogen) atoms. The molecule has 0 spiro atoms. The molecule has 0 saturated carbocycles. The zero-order chi connectivity index (χ0) is 18.8. The third-order valence-corrected chi connectivity index (χ3v) is 6.22. The van der Waals surface area contributed by atoms with Crippen molar-refractivity contribution in [2.24, 2.45) is 0 Å². The Morgan fingerprint density at radius 3 is 2.63 bits per heavy atom. The Morgan fingerprint density at radius 2 is 1.89 bits per heavy atom. The molecule has 1 aliphatic rings. The molecule has 2 aromatic heterocycles. The highest BCUT2D eigenvalue weighted by atomic mass is 32.1. The van der Waals surface area contributed by atoms with Crippen LogP contribution in [0.4, 0.5) is 5.82 Å². The van der Waals surface area contributed by atoms with Gasteiger partial charge < -0.3 is 10.2 Å². The Hall–Kier alpha value is -2.47. The first-order chi connectivity index (χ1) is 13.1. The summed E-state index contributed by atoms with van der Waals surface area (Å²) in [6.07, 6.45) is 3.22. The molecule has 0 aliphatic carbocycles. The lowest BCUT2D eigenvalue weighted by atomic mass is 10.1. The summed E-state index contributed by atoms with van der Waals surface area (Å²) in [7, 11) is 0. The van der Waals surface area contributed by atoms with Crippen molar-refractivity contribution >= 4 is 33.3 Å². The van der Waals surface area contributed by atoms with Gasteiger partial charge in [0.15, 0.2) is 0 Å². The summed E-state index contributed by atoms with van der Waals surface area (Å²) in [5, 5.41) is 4.10. The quantitative estimate of drug-likeness (QED) is 0.730. The molecule has 0 unspecified atom stereocenters. The van der Waals surface area contributed by atoms with Crippen molar-refractivity contribution in [3.63, 3.8) is 0 Å². The molecule has 1 amide bonds. The van der Waals surface area contributed by atoms with E-state index in [0.717, 1.165) is 51.8 Å². The summed E-state index contributed by atoms with van der Waals surface area (Å²) in [6.45, 7) is 6.62. The number of nitrogens with one attached hydrogen (secondary N) is 1. The van der Waals surface area contributed by atoms with E-state index in [1.54, 1.807) is 0 Å². The number of fused-ring (bicyclic) bond motifs is 1. The van der Waals surface area contributed by atoms with Gasteiger partial charge in [-0.3, -0.25) is 4.79 Å². The van der Waals surface area contributed by atoms with Crippen molar-refractivity contribution in [1.82, 2.24) is 15.3 Å². The lowest BCUT2D eigenvalue weighted by Gasteiger charge is -2.18. The predicted molar refractivity (Wildman–Crippen MR) is 111 cm³/mol. The zero-order valence-corrected chi connectivity index (χ0v) is 16.6. The third-order valence-electron chi connectivity index (χ3n) is 5.04. The second-order valence-electron chi connectivity index (χ2n) is 7.02. The smallest absolute Gasteiger partial charge is 0.261 e. The van der Waals surface area contributed by atoms with Crippen LogP contribution in [0.3, 0.4) is 0 Å². The Labute approximate surface area is 163 Å². The van der Waals surface area contributed by atoms with Gasteiger partial charge in [-0.05, 0) is 44.2 Å². The lowest BCUT2D eigenvalue weighted by molar-refractivity contribution is 0.0957. The Kier molecular flexibility index (Phi) is 5.07. The molecule has 0 atom stereocenters. The minimum atomic E-state index is -0.0172. The van der Waals surface area contributed by atoms with Gasteiger partial charge in [-0.2, -0.15) is 0 Å². The van der Waals surface area contributed by atoms with Gasteiger partial charge in [-0.15, -0.1) is 11.3 Å². The number of aryl methyl sites for hydroxylation is 2. The maximum atomic E-state index is 12.8. The predicted octanol–water partition coefficient (Wildman–Crippen LogP) is 3.88. The van der Waals surface area contributed by atoms with Crippen molar-refractivity contribution in [1.29, 1.82) is 0 Å². The van der Waals surface area contributed by atoms with Crippen molar-refractivity contribution in [2.75, 3.05) is 24.5 Å². The number of rotatable bonds is 5. The number of anilines is 1. The first kappa shape index (κ1) is 17.9. The maximum absolute atomic E-state index is 12.8. The molecule has 3 heterocycles. The van der Waals surface area contributed by atoms with Crippen LogP contribution in [-0.2, 0) is 6.42 Å². The number of amides is 1. The van der Waals surface area contributed by atoms with Crippen molar-refractivity contribution in [3.05, 3.63) is 52.2 Å². The van der Waals surface area contributed by atoms with E-state index in [1.165, 1.54) is 29.7 Å². The van der Waals surface area contributed by atoms with Gasteiger partial charge >= 0.3 is 0 Å². The van der Waals surface area contributed by atoms with E-state index in [9.17, 15) is 4.79 Å². The molecule has 6 heteroatoms. The van der Waals surface area contributed by atoms with Gasteiger partial charge in [0.05, 0.1) is 10.3 Å². The van der Waals surface area contributed by atoms with E-state index < -0.39 is 0 Å². The van der Waals surface area contributed by atoms with Gasteiger partial charge in [0, 0.05) is 19.6 Å². The average molecular weight is 381 g/mol. The Balaban J connectivity index is 1.57. The van der Waals surface area contributed by atoms with E-state index in [0.29, 0.717) is 6.54 Å². The molecule has 140 valence electrons. The van der Waals surface area contributed by atoms with Crippen LogP contribution in [0.5, 0.6) is 0 Å². The van der Waals surface area contributed by atoms with Gasteiger partial charge in [0.25, 0.3) is 5.91 Å². The molecule has 0 radical (unpaired) electrons.